The van der Waals surface area contributed by atoms with E-state index in [1.807, 2.05) is 48.7 Å². The van der Waals surface area contributed by atoms with Crippen molar-refractivity contribution in [2.24, 2.45) is 0 Å². The molecule has 1 aromatic carbocycles. The minimum atomic E-state index is -0.176. The molecule has 0 spiro atoms. The predicted octanol–water partition coefficient (Wildman–Crippen LogP) is 4.48. The second-order valence-corrected chi connectivity index (χ2v) is 5.93. The molecule has 2 aromatic heterocycles. The summed E-state index contributed by atoms with van der Waals surface area (Å²) < 4.78 is 0. The summed E-state index contributed by atoms with van der Waals surface area (Å²) in [6, 6.07) is 13.3. The lowest BCUT2D eigenvalue weighted by Gasteiger charge is -2.10. The molecular formula is C18H26N6O. The highest BCUT2D eigenvalue weighted by molar-refractivity contribution is 5.90. The molecule has 3 aromatic rings. The molecule has 7 heteroatoms. The van der Waals surface area contributed by atoms with Crippen LogP contribution in [-0.2, 0) is 0 Å². The number of benzene rings is 1. The van der Waals surface area contributed by atoms with Crippen LogP contribution >= 0.6 is 0 Å². The highest BCUT2D eigenvalue weighted by Gasteiger charge is 2.23. The third-order valence-electron chi connectivity index (χ3n) is 3.82. The molecule has 4 rings (SSSR count). The van der Waals surface area contributed by atoms with Gasteiger partial charge >= 0.3 is 6.03 Å². The molecular weight excluding hydrogens is 316 g/mol. The summed E-state index contributed by atoms with van der Waals surface area (Å²) in [5, 5.41) is 8.90. The van der Waals surface area contributed by atoms with Crippen LogP contribution in [0.4, 0.5) is 22.1 Å². The molecule has 0 radical (unpaired) electrons. The van der Waals surface area contributed by atoms with Gasteiger partial charge in [-0.15, -0.1) is 0 Å². The van der Waals surface area contributed by atoms with Crippen molar-refractivity contribution in [2.75, 3.05) is 10.6 Å². The molecule has 1 fully saturated rings. The smallest absolute Gasteiger partial charge is 0.319 e. The second-order valence-electron chi connectivity index (χ2n) is 5.93. The van der Waals surface area contributed by atoms with Crippen LogP contribution in [0.1, 0.15) is 18.5 Å². The van der Waals surface area contributed by atoms with Crippen LogP contribution in [0.2, 0.25) is 0 Å². The first-order valence-electron chi connectivity index (χ1n) is 8.18. The molecule has 1 aliphatic rings. The Morgan fingerprint density at radius 1 is 1.16 bits per heavy atom. The number of hydrogen-bond donors (Lipinski definition) is 4. The Bertz CT molecular complexity index is 890. The average molecular weight is 342 g/mol. The van der Waals surface area contributed by atoms with E-state index >= 15 is 0 Å². The van der Waals surface area contributed by atoms with E-state index in [-0.39, 0.29) is 11.7 Å². The average Bonchev–Trinajstić information content (AvgIpc) is 3.24. The van der Waals surface area contributed by atoms with Crippen molar-refractivity contribution in [3.8, 4) is 11.4 Å². The Kier molecular flexibility index (Phi) is 4.04. The molecule has 0 unspecified atom stereocenters. The van der Waals surface area contributed by atoms with Crippen LogP contribution in [0.3, 0.4) is 0 Å². The first-order valence-corrected chi connectivity index (χ1v) is 8.18. The van der Waals surface area contributed by atoms with Gasteiger partial charge in [-0.05, 0) is 49.2 Å². The van der Waals surface area contributed by atoms with Crippen molar-refractivity contribution in [2.45, 2.75) is 18.9 Å². The summed E-state index contributed by atoms with van der Waals surface area (Å²) in [7, 11) is 0. The molecule has 4 N–H and O–H groups in total. The summed E-state index contributed by atoms with van der Waals surface area (Å²) in [6.45, 7) is 0. The zero-order valence-corrected chi connectivity index (χ0v) is 13.5. The molecule has 134 valence electrons. The number of aromatic amines is 1. The number of rotatable bonds is 5. The number of aromatic nitrogens is 3. The number of carbonyl (C=O) groups excluding carboxylic acids is 1. The summed E-state index contributed by atoms with van der Waals surface area (Å²) in [5.74, 6) is 0.492. The van der Waals surface area contributed by atoms with Crippen molar-refractivity contribution < 1.29 is 10.5 Å². The topological polar surface area (TPSA) is 94.7 Å². The minimum absolute atomic E-state index is 0. The number of H-pyrrole nitrogens is 1. The van der Waals surface area contributed by atoms with Crippen molar-refractivity contribution in [3.63, 3.8) is 0 Å². The summed E-state index contributed by atoms with van der Waals surface area (Å²) in [5.41, 5.74) is 3.25. The normalized spacial score (nSPS) is 13.3. The van der Waals surface area contributed by atoms with Gasteiger partial charge in [0.1, 0.15) is 0 Å². The number of amides is 2. The molecule has 0 aliphatic heterocycles. The van der Waals surface area contributed by atoms with Gasteiger partial charge < -0.3 is 20.9 Å². The lowest BCUT2D eigenvalue weighted by atomic mass is 10.2. The van der Waals surface area contributed by atoms with Crippen LogP contribution in [-0.4, -0.2) is 27.0 Å². The second kappa shape index (κ2) is 6.64. The fraction of sp³-hybridized carbons (Fsp3) is 0.167. The van der Waals surface area contributed by atoms with E-state index in [0.29, 0.717) is 17.7 Å². The van der Waals surface area contributed by atoms with Crippen LogP contribution in [0.15, 0.2) is 54.9 Å². The van der Waals surface area contributed by atoms with Gasteiger partial charge in [-0.1, -0.05) is 6.07 Å². The Morgan fingerprint density at radius 2 is 2.04 bits per heavy atom. The van der Waals surface area contributed by atoms with Gasteiger partial charge in [-0.3, -0.25) is 0 Å². The third kappa shape index (κ3) is 3.95. The lowest BCUT2D eigenvalue weighted by Crippen LogP contribution is -2.30. The van der Waals surface area contributed by atoms with E-state index in [1.165, 1.54) is 0 Å². The van der Waals surface area contributed by atoms with Crippen LogP contribution in [0.5, 0.6) is 0 Å². The van der Waals surface area contributed by atoms with E-state index in [4.69, 9.17) is 0 Å². The third-order valence-corrected chi connectivity index (χ3v) is 3.82. The standard InChI is InChI=1S/C18H18N6O.4H2/c25-18(22-12-6-7-12)23-14-4-1-3-13(11-14)21-17-20-10-8-16(24-17)15-5-2-9-19-15;;;;/h1-5,8-12,19H,6-7H2,(H,20,21,24)(H2,22,23,25);4*1H. The molecule has 1 aliphatic carbocycles. The van der Waals surface area contributed by atoms with Crippen LogP contribution in [0, 0.1) is 0 Å². The van der Waals surface area contributed by atoms with Crippen molar-refractivity contribution >= 4 is 23.4 Å². The molecule has 7 nitrogen and oxygen atoms in total. The van der Waals surface area contributed by atoms with Gasteiger partial charge in [0, 0.05) is 35.5 Å². The Morgan fingerprint density at radius 3 is 2.84 bits per heavy atom. The number of hydrogen-bond acceptors (Lipinski definition) is 4. The Labute approximate surface area is 150 Å². The molecule has 1 saturated carbocycles. The zero-order valence-electron chi connectivity index (χ0n) is 13.5. The van der Waals surface area contributed by atoms with E-state index in [0.717, 1.165) is 29.9 Å². The number of carbonyl (C=O) groups is 1. The van der Waals surface area contributed by atoms with Crippen molar-refractivity contribution in [3.05, 3.63) is 54.9 Å². The number of urea groups is 1. The van der Waals surface area contributed by atoms with E-state index in [9.17, 15) is 4.79 Å². The zero-order chi connectivity index (χ0) is 17.1. The molecule has 0 bridgehead atoms. The first-order chi connectivity index (χ1) is 12.3. The highest BCUT2D eigenvalue weighted by Crippen LogP contribution is 2.21. The lowest BCUT2D eigenvalue weighted by molar-refractivity contribution is 0.251. The monoisotopic (exact) mass is 342 g/mol. The summed E-state index contributed by atoms with van der Waals surface area (Å²) >= 11 is 0. The largest absolute Gasteiger partial charge is 0.360 e. The minimum Gasteiger partial charge on any atom is -0.360 e. The van der Waals surface area contributed by atoms with E-state index < -0.39 is 0 Å². The van der Waals surface area contributed by atoms with E-state index in [2.05, 4.69) is 30.9 Å². The van der Waals surface area contributed by atoms with Crippen molar-refractivity contribution in [1.82, 2.24) is 20.3 Å². The first kappa shape index (κ1) is 15.2. The fourth-order valence-corrected chi connectivity index (χ4v) is 2.44. The maximum atomic E-state index is 11.8. The molecule has 0 saturated heterocycles. The summed E-state index contributed by atoms with van der Waals surface area (Å²) in [6.07, 6.45) is 5.68. The number of anilines is 3. The van der Waals surface area contributed by atoms with Gasteiger partial charge in [-0.25, -0.2) is 14.8 Å². The summed E-state index contributed by atoms with van der Waals surface area (Å²) in [4.78, 5) is 23.7. The highest BCUT2D eigenvalue weighted by atomic mass is 16.2. The number of nitrogens with zero attached hydrogens (tertiary/aromatic N) is 2. The van der Waals surface area contributed by atoms with Gasteiger partial charge in [0.25, 0.3) is 0 Å². The maximum absolute atomic E-state index is 11.8. The molecule has 25 heavy (non-hydrogen) atoms. The van der Waals surface area contributed by atoms with Gasteiger partial charge in [0.05, 0.1) is 11.4 Å². The SMILES string of the molecule is O=C(Nc1cccc(Nc2nccc(-c3ccc[nH]3)n2)c1)NC1CC1.[HH].[HH].[HH].[HH]. The Hall–Kier alpha value is -3.35. The predicted molar refractivity (Wildman–Crippen MR) is 105 cm³/mol. The quantitative estimate of drug-likeness (QED) is 0.550. The van der Waals surface area contributed by atoms with Gasteiger partial charge in [0.15, 0.2) is 0 Å². The molecule has 0 atom stereocenters. The van der Waals surface area contributed by atoms with E-state index in [1.54, 1.807) is 6.20 Å². The maximum Gasteiger partial charge on any atom is 0.319 e. The fourth-order valence-electron chi connectivity index (χ4n) is 2.44. The van der Waals surface area contributed by atoms with Gasteiger partial charge in [-0.2, -0.15) is 0 Å². The number of nitrogens with one attached hydrogen (secondary N) is 4. The molecule has 2 amide bonds. The Balaban J connectivity index is 0.00000196. The molecule has 2 heterocycles. The van der Waals surface area contributed by atoms with Crippen LogP contribution < -0.4 is 16.0 Å². The van der Waals surface area contributed by atoms with Crippen LogP contribution in [0.25, 0.3) is 11.4 Å². The van der Waals surface area contributed by atoms with Crippen molar-refractivity contribution in [1.29, 1.82) is 0 Å². The van der Waals surface area contributed by atoms with Gasteiger partial charge in [0.2, 0.25) is 5.95 Å².